The summed E-state index contributed by atoms with van der Waals surface area (Å²) in [6, 6.07) is 11.9. The Kier molecular flexibility index (Phi) is 7.80. The lowest BCUT2D eigenvalue weighted by atomic mass is 9.90. The Balaban J connectivity index is 1.36. The SMILES string of the molecule is COCCOC(=O)N1CCC(c2nc(C)ccc2C(=O)NCCc2c[nH]c3ccccc23)CC1. The Labute approximate surface area is 199 Å². The van der Waals surface area contributed by atoms with Crippen LogP contribution in [0.15, 0.2) is 42.6 Å². The number of para-hydroxylation sites is 1. The molecule has 1 aliphatic rings. The van der Waals surface area contributed by atoms with Gasteiger partial charge in [0.25, 0.3) is 5.91 Å². The molecule has 1 aromatic carbocycles. The van der Waals surface area contributed by atoms with Crippen LogP contribution in [-0.2, 0) is 15.9 Å². The second-order valence-corrected chi connectivity index (χ2v) is 8.62. The Morgan fingerprint density at radius 3 is 2.74 bits per heavy atom. The zero-order valence-electron chi connectivity index (χ0n) is 19.8. The standard InChI is InChI=1S/C26H32N4O4/c1-18-7-8-22(25(31)27-12-9-20-17-28-23-6-4-3-5-21(20)23)24(29-18)19-10-13-30(14-11-19)26(32)34-16-15-33-2/h3-8,17,19,28H,9-16H2,1-2H3,(H,27,31). The molecule has 2 amide bonds. The van der Waals surface area contributed by atoms with E-state index in [0.717, 1.165) is 36.2 Å². The van der Waals surface area contributed by atoms with Crippen LogP contribution in [0.2, 0.25) is 0 Å². The molecule has 4 rings (SSSR count). The van der Waals surface area contributed by atoms with Crippen molar-refractivity contribution >= 4 is 22.9 Å². The normalized spacial score (nSPS) is 14.4. The number of rotatable bonds is 8. The van der Waals surface area contributed by atoms with Gasteiger partial charge in [-0.15, -0.1) is 0 Å². The number of carbonyl (C=O) groups excluding carboxylic acids is 2. The van der Waals surface area contributed by atoms with Gasteiger partial charge in [-0.05, 0) is 49.9 Å². The van der Waals surface area contributed by atoms with Crippen molar-refractivity contribution in [2.24, 2.45) is 0 Å². The van der Waals surface area contributed by atoms with Gasteiger partial charge < -0.3 is 24.7 Å². The van der Waals surface area contributed by atoms with Crippen LogP contribution >= 0.6 is 0 Å². The summed E-state index contributed by atoms with van der Waals surface area (Å²) >= 11 is 0. The minimum Gasteiger partial charge on any atom is -0.447 e. The van der Waals surface area contributed by atoms with E-state index in [1.807, 2.05) is 43.5 Å². The van der Waals surface area contributed by atoms with Crippen molar-refractivity contribution < 1.29 is 19.1 Å². The predicted octanol–water partition coefficient (Wildman–Crippen LogP) is 3.81. The number of aromatic nitrogens is 2. The first-order valence-electron chi connectivity index (χ1n) is 11.8. The Morgan fingerprint density at radius 2 is 1.94 bits per heavy atom. The summed E-state index contributed by atoms with van der Waals surface area (Å²) in [6.07, 6.45) is 3.91. The number of aromatic amines is 1. The zero-order chi connectivity index (χ0) is 23.9. The third kappa shape index (κ3) is 5.56. The van der Waals surface area contributed by atoms with E-state index < -0.39 is 0 Å². The number of likely N-dealkylation sites (tertiary alicyclic amines) is 1. The monoisotopic (exact) mass is 464 g/mol. The Morgan fingerprint density at radius 1 is 1.15 bits per heavy atom. The van der Waals surface area contributed by atoms with E-state index >= 15 is 0 Å². The molecule has 34 heavy (non-hydrogen) atoms. The molecule has 0 aliphatic carbocycles. The van der Waals surface area contributed by atoms with Crippen LogP contribution in [0.4, 0.5) is 4.79 Å². The molecule has 0 atom stereocenters. The highest BCUT2D eigenvalue weighted by molar-refractivity contribution is 5.95. The van der Waals surface area contributed by atoms with Gasteiger partial charge in [-0.25, -0.2) is 4.79 Å². The number of hydrogen-bond acceptors (Lipinski definition) is 5. The largest absolute Gasteiger partial charge is 0.447 e. The highest BCUT2D eigenvalue weighted by atomic mass is 16.6. The van der Waals surface area contributed by atoms with Crippen molar-refractivity contribution in [3.05, 3.63) is 65.1 Å². The predicted molar refractivity (Wildman–Crippen MR) is 130 cm³/mol. The first-order valence-corrected chi connectivity index (χ1v) is 11.8. The Hall–Kier alpha value is -3.39. The van der Waals surface area contributed by atoms with Gasteiger partial charge in [-0.3, -0.25) is 9.78 Å². The minimum absolute atomic E-state index is 0.108. The third-order valence-electron chi connectivity index (χ3n) is 6.32. The average Bonchev–Trinajstić information content (AvgIpc) is 3.27. The molecule has 1 fully saturated rings. The fourth-order valence-corrected chi connectivity index (χ4v) is 4.46. The van der Waals surface area contributed by atoms with Gasteiger partial charge in [0, 0.05) is 55.5 Å². The lowest BCUT2D eigenvalue weighted by Gasteiger charge is -2.31. The van der Waals surface area contributed by atoms with Crippen molar-refractivity contribution in [2.75, 3.05) is 40.0 Å². The molecule has 8 heteroatoms. The van der Waals surface area contributed by atoms with E-state index in [1.165, 1.54) is 10.9 Å². The van der Waals surface area contributed by atoms with Crippen LogP contribution in [0, 0.1) is 6.92 Å². The number of hydrogen-bond donors (Lipinski definition) is 2. The summed E-state index contributed by atoms with van der Waals surface area (Å²) in [6.45, 7) is 4.26. The van der Waals surface area contributed by atoms with E-state index in [9.17, 15) is 9.59 Å². The number of H-pyrrole nitrogens is 1. The number of nitrogens with one attached hydrogen (secondary N) is 2. The molecule has 2 N–H and O–H groups in total. The molecule has 0 spiro atoms. The fourth-order valence-electron chi connectivity index (χ4n) is 4.46. The molecule has 1 saturated heterocycles. The zero-order valence-corrected chi connectivity index (χ0v) is 19.8. The number of pyridine rings is 1. The summed E-state index contributed by atoms with van der Waals surface area (Å²) in [7, 11) is 1.57. The molecule has 2 aromatic heterocycles. The topological polar surface area (TPSA) is 96.6 Å². The van der Waals surface area contributed by atoms with Gasteiger partial charge in [0.05, 0.1) is 17.9 Å². The first-order chi connectivity index (χ1) is 16.6. The summed E-state index contributed by atoms with van der Waals surface area (Å²) in [4.78, 5) is 35.0. The van der Waals surface area contributed by atoms with E-state index in [-0.39, 0.29) is 24.5 Å². The van der Waals surface area contributed by atoms with Gasteiger partial charge in [-0.2, -0.15) is 0 Å². The lowest BCUT2D eigenvalue weighted by molar-refractivity contribution is 0.0656. The number of methoxy groups -OCH3 is 1. The number of aryl methyl sites for hydroxylation is 1. The molecule has 0 saturated carbocycles. The molecule has 8 nitrogen and oxygen atoms in total. The van der Waals surface area contributed by atoms with Gasteiger partial charge in [0.15, 0.2) is 0 Å². The first kappa shape index (κ1) is 23.8. The fraction of sp³-hybridized carbons (Fsp3) is 0.423. The van der Waals surface area contributed by atoms with Crippen LogP contribution in [0.3, 0.4) is 0 Å². The molecule has 180 valence electrons. The smallest absolute Gasteiger partial charge is 0.409 e. The number of piperidine rings is 1. The van der Waals surface area contributed by atoms with E-state index in [4.69, 9.17) is 14.5 Å². The van der Waals surface area contributed by atoms with Crippen LogP contribution < -0.4 is 5.32 Å². The maximum atomic E-state index is 13.1. The third-order valence-corrected chi connectivity index (χ3v) is 6.32. The average molecular weight is 465 g/mol. The Bertz CT molecular complexity index is 1130. The quantitative estimate of drug-likeness (QED) is 0.494. The highest BCUT2D eigenvalue weighted by Gasteiger charge is 2.28. The highest BCUT2D eigenvalue weighted by Crippen LogP contribution is 2.30. The van der Waals surface area contributed by atoms with E-state index in [2.05, 4.69) is 16.4 Å². The second-order valence-electron chi connectivity index (χ2n) is 8.62. The lowest BCUT2D eigenvalue weighted by Crippen LogP contribution is -2.39. The van der Waals surface area contributed by atoms with E-state index in [0.29, 0.717) is 31.8 Å². The van der Waals surface area contributed by atoms with E-state index in [1.54, 1.807) is 12.0 Å². The maximum absolute atomic E-state index is 13.1. The van der Waals surface area contributed by atoms with Crippen molar-refractivity contribution in [1.29, 1.82) is 0 Å². The molecule has 0 radical (unpaired) electrons. The number of ether oxygens (including phenoxy) is 2. The number of fused-ring (bicyclic) bond motifs is 1. The summed E-state index contributed by atoms with van der Waals surface area (Å²) in [5, 5.41) is 4.25. The summed E-state index contributed by atoms with van der Waals surface area (Å²) in [5.74, 6) is 0.0149. The van der Waals surface area contributed by atoms with Crippen LogP contribution in [0.5, 0.6) is 0 Å². The van der Waals surface area contributed by atoms with Crippen LogP contribution in [0.25, 0.3) is 10.9 Å². The molecule has 0 unspecified atom stereocenters. The number of benzene rings is 1. The molecule has 3 heterocycles. The number of nitrogens with zero attached hydrogens (tertiary/aromatic N) is 2. The van der Waals surface area contributed by atoms with Gasteiger partial charge in [-0.1, -0.05) is 18.2 Å². The summed E-state index contributed by atoms with van der Waals surface area (Å²) in [5.41, 5.74) is 4.60. The molecular weight excluding hydrogens is 432 g/mol. The molecule has 0 bridgehead atoms. The van der Waals surface area contributed by atoms with Crippen LogP contribution in [-0.4, -0.2) is 66.8 Å². The summed E-state index contributed by atoms with van der Waals surface area (Å²) < 4.78 is 10.2. The van der Waals surface area contributed by atoms with Crippen molar-refractivity contribution in [3.8, 4) is 0 Å². The van der Waals surface area contributed by atoms with Crippen molar-refractivity contribution in [3.63, 3.8) is 0 Å². The maximum Gasteiger partial charge on any atom is 0.409 e. The molecular formula is C26H32N4O4. The van der Waals surface area contributed by atoms with Crippen molar-refractivity contribution in [2.45, 2.75) is 32.1 Å². The second kappa shape index (κ2) is 11.2. The number of carbonyl (C=O) groups is 2. The minimum atomic E-state index is -0.317. The molecule has 1 aliphatic heterocycles. The van der Waals surface area contributed by atoms with Gasteiger partial charge in [0.1, 0.15) is 6.61 Å². The van der Waals surface area contributed by atoms with Gasteiger partial charge >= 0.3 is 6.09 Å². The van der Waals surface area contributed by atoms with Crippen molar-refractivity contribution in [1.82, 2.24) is 20.2 Å². The molecule has 3 aromatic rings. The number of amides is 2. The van der Waals surface area contributed by atoms with Crippen LogP contribution in [0.1, 0.15) is 46.1 Å². The van der Waals surface area contributed by atoms with Gasteiger partial charge in [0.2, 0.25) is 0 Å².